The Morgan fingerprint density at radius 2 is 2.00 bits per heavy atom. The summed E-state index contributed by atoms with van der Waals surface area (Å²) in [6.45, 7) is 7.27. The fraction of sp³-hybridized carbons (Fsp3) is 0.320. The van der Waals surface area contributed by atoms with Gasteiger partial charge >= 0.3 is 6.09 Å². The lowest BCUT2D eigenvalue weighted by Crippen LogP contribution is -2.39. The molecule has 182 valence electrons. The van der Waals surface area contributed by atoms with Gasteiger partial charge in [-0.1, -0.05) is 24.3 Å². The Bertz CT molecular complexity index is 1260. The molecule has 0 radical (unpaired) electrons. The quantitative estimate of drug-likeness (QED) is 0.577. The molecule has 0 saturated carbocycles. The molecule has 1 aliphatic heterocycles. The Kier molecular flexibility index (Phi) is 6.81. The predicted molar refractivity (Wildman–Crippen MR) is 133 cm³/mol. The van der Waals surface area contributed by atoms with Gasteiger partial charge in [-0.15, -0.1) is 0 Å². The molecular formula is C25H29N7O3. The molecule has 3 N–H and O–H groups in total. The van der Waals surface area contributed by atoms with Crippen LogP contribution in [0.2, 0.25) is 0 Å². The number of nitrogen functional groups attached to an aromatic ring is 1. The van der Waals surface area contributed by atoms with Gasteiger partial charge in [-0.05, 0) is 50.0 Å². The number of hydrogen-bond acceptors (Lipinski definition) is 7. The van der Waals surface area contributed by atoms with Gasteiger partial charge in [0.1, 0.15) is 5.60 Å². The highest BCUT2D eigenvalue weighted by Crippen LogP contribution is 2.24. The number of rotatable bonds is 5. The third-order valence-electron chi connectivity index (χ3n) is 5.34. The van der Waals surface area contributed by atoms with Crippen LogP contribution in [0.4, 0.5) is 16.3 Å². The maximum Gasteiger partial charge on any atom is 0.410 e. The number of benzene rings is 1. The van der Waals surface area contributed by atoms with Crippen LogP contribution in [0, 0.1) is 0 Å². The Labute approximate surface area is 203 Å². The van der Waals surface area contributed by atoms with Crippen molar-refractivity contribution in [3.05, 3.63) is 71.9 Å². The topological polar surface area (TPSA) is 128 Å². The molecule has 2 amide bonds. The van der Waals surface area contributed by atoms with Gasteiger partial charge in [0.2, 0.25) is 0 Å². The SMILES string of the molecule is CC(C)(C)OC(=O)N1CC=C(c2cccc(Cn3cc(NC(=O)c4nccnc4N)cn3)c2)CC1. The lowest BCUT2D eigenvalue weighted by atomic mass is 9.98. The lowest BCUT2D eigenvalue weighted by molar-refractivity contribution is 0.0270. The molecule has 3 aromatic rings. The third-order valence-corrected chi connectivity index (χ3v) is 5.34. The fourth-order valence-electron chi connectivity index (χ4n) is 3.71. The predicted octanol–water partition coefficient (Wildman–Crippen LogP) is 3.58. The van der Waals surface area contributed by atoms with Gasteiger partial charge in [0.15, 0.2) is 11.5 Å². The summed E-state index contributed by atoms with van der Waals surface area (Å²) in [4.78, 5) is 34.3. The van der Waals surface area contributed by atoms with E-state index >= 15 is 0 Å². The van der Waals surface area contributed by atoms with Crippen molar-refractivity contribution in [1.29, 1.82) is 0 Å². The summed E-state index contributed by atoms with van der Waals surface area (Å²) in [6, 6.07) is 8.22. The first-order valence-electron chi connectivity index (χ1n) is 11.3. The summed E-state index contributed by atoms with van der Waals surface area (Å²) in [5.41, 5.74) is 9.20. The first kappa shape index (κ1) is 23.9. The average molecular weight is 476 g/mol. The minimum atomic E-state index is -0.506. The van der Waals surface area contributed by atoms with Gasteiger partial charge in [0.05, 0.1) is 18.4 Å². The van der Waals surface area contributed by atoms with Gasteiger partial charge in [-0.2, -0.15) is 5.10 Å². The molecule has 0 spiro atoms. The zero-order valence-corrected chi connectivity index (χ0v) is 20.1. The zero-order valence-electron chi connectivity index (χ0n) is 20.1. The van der Waals surface area contributed by atoms with Gasteiger partial charge < -0.3 is 20.7 Å². The van der Waals surface area contributed by atoms with Crippen LogP contribution in [0.3, 0.4) is 0 Å². The van der Waals surface area contributed by atoms with E-state index in [0.717, 1.165) is 17.5 Å². The van der Waals surface area contributed by atoms with Crippen LogP contribution in [0.5, 0.6) is 0 Å². The monoisotopic (exact) mass is 475 g/mol. The summed E-state index contributed by atoms with van der Waals surface area (Å²) < 4.78 is 7.21. The minimum absolute atomic E-state index is 0.0685. The summed E-state index contributed by atoms with van der Waals surface area (Å²) >= 11 is 0. The third kappa shape index (κ3) is 6.23. The van der Waals surface area contributed by atoms with E-state index < -0.39 is 11.5 Å². The van der Waals surface area contributed by atoms with Crippen LogP contribution >= 0.6 is 0 Å². The molecule has 0 aliphatic carbocycles. The molecule has 0 fully saturated rings. The molecule has 0 atom stereocenters. The molecule has 4 rings (SSSR count). The van der Waals surface area contributed by atoms with E-state index in [4.69, 9.17) is 10.5 Å². The number of nitrogens with zero attached hydrogens (tertiary/aromatic N) is 5. The molecule has 2 aromatic heterocycles. The smallest absolute Gasteiger partial charge is 0.410 e. The maximum atomic E-state index is 12.4. The van der Waals surface area contributed by atoms with Crippen molar-refractivity contribution in [2.45, 2.75) is 39.3 Å². The van der Waals surface area contributed by atoms with E-state index in [9.17, 15) is 9.59 Å². The number of aromatic nitrogens is 4. The second-order valence-corrected chi connectivity index (χ2v) is 9.28. The van der Waals surface area contributed by atoms with Crippen LogP contribution in [-0.2, 0) is 11.3 Å². The van der Waals surface area contributed by atoms with Crippen molar-refractivity contribution in [3.63, 3.8) is 0 Å². The van der Waals surface area contributed by atoms with Crippen molar-refractivity contribution in [2.24, 2.45) is 0 Å². The molecule has 0 bridgehead atoms. The summed E-state index contributed by atoms with van der Waals surface area (Å²) in [5.74, 6) is -0.373. The van der Waals surface area contributed by atoms with Crippen LogP contribution in [-0.4, -0.2) is 55.3 Å². The number of anilines is 2. The molecule has 1 aromatic carbocycles. The Morgan fingerprint density at radius 1 is 1.20 bits per heavy atom. The number of nitrogens with one attached hydrogen (secondary N) is 1. The number of carbonyl (C=O) groups excluding carboxylic acids is 2. The Hall–Kier alpha value is -4.21. The second kappa shape index (κ2) is 9.96. The normalized spacial score (nSPS) is 13.8. The molecule has 0 saturated heterocycles. The fourth-order valence-corrected chi connectivity index (χ4v) is 3.71. The van der Waals surface area contributed by atoms with E-state index in [1.54, 1.807) is 22.0 Å². The largest absolute Gasteiger partial charge is 0.444 e. The van der Waals surface area contributed by atoms with Gasteiger partial charge in [-0.25, -0.2) is 14.8 Å². The van der Waals surface area contributed by atoms with Crippen LogP contribution in [0.15, 0.2) is 55.1 Å². The van der Waals surface area contributed by atoms with Gasteiger partial charge in [0.25, 0.3) is 5.91 Å². The minimum Gasteiger partial charge on any atom is -0.444 e. The summed E-state index contributed by atoms with van der Waals surface area (Å²) in [6.07, 6.45) is 8.71. The van der Waals surface area contributed by atoms with Crippen molar-refractivity contribution < 1.29 is 14.3 Å². The Balaban J connectivity index is 1.38. The molecule has 3 heterocycles. The van der Waals surface area contributed by atoms with Gasteiger partial charge in [0, 0.05) is 31.7 Å². The standard InChI is InChI=1S/C25H29N7O3/c1-25(2,3)35-24(34)31-11-7-18(8-12-31)19-6-4-5-17(13-19)15-32-16-20(14-29-32)30-23(33)21-22(26)28-10-9-27-21/h4-7,9-10,13-14,16H,8,11-12,15H2,1-3H3,(H2,26,28)(H,30,33). The number of carbonyl (C=O) groups is 2. The molecule has 1 aliphatic rings. The zero-order chi connectivity index (χ0) is 25.0. The van der Waals surface area contributed by atoms with Gasteiger partial charge in [-0.3, -0.25) is 9.48 Å². The van der Waals surface area contributed by atoms with Crippen molar-refractivity contribution in [1.82, 2.24) is 24.6 Å². The van der Waals surface area contributed by atoms with E-state index in [-0.39, 0.29) is 17.6 Å². The van der Waals surface area contributed by atoms with E-state index in [1.165, 1.54) is 18.0 Å². The average Bonchev–Trinajstić information content (AvgIpc) is 3.25. The number of amides is 2. The van der Waals surface area contributed by atoms with E-state index in [1.807, 2.05) is 32.9 Å². The van der Waals surface area contributed by atoms with E-state index in [0.29, 0.717) is 25.3 Å². The van der Waals surface area contributed by atoms with Crippen LogP contribution in [0.25, 0.3) is 5.57 Å². The number of ether oxygens (including phenoxy) is 1. The number of nitrogens with two attached hydrogens (primary N) is 1. The van der Waals surface area contributed by atoms with Crippen molar-refractivity contribution >= 4 is 29.1 Å². The molecule has 10 heteroatoms. The summed E-state index contributed by atoms with van der Waals surface area (Å²) in [7, 11) is 0. The van der Waals surface area contributed by atoms with Crippen molar-refractivity contribution in [3.8, 4) is 0 Å². The molecule has 0 unspecified atom stereocenters. The highest BCUT2D eigenvalue weighted by molar-refractivity contribution is 6.05. The first-order chi connectivity index (χ1) is 16.7. The highest BCUT2D eigenvalue weighted by atomic mass is 16.6. The molecule has 10 nitrogen and oxygen atoms in total. The van der Waals surface area contributed by atoms with Crippen LogP contribution < -0.4 is 11.1 Å². The second-order valence-electron chi connectivity index (χ2n) is 9.28. The lowest BCUT2D eigenvalue weighted by Gasteiger charge is -2.29. The van der Waals surface area contributed by atoms with Crippen molar-refractivity contribution in [2.75, 3.05) is 24.1 Å². The maximum absolute atomic E-state index is 12.4. The Morgan fingerprint density at radius 3 is 2.71 bits per heavy atom. The number of hydrogen-bond donors (Lipinski definition) is 2. The molecule has 35 heavy (non-hydrogen) atoms. The van der Waals surface area contributed by atoms with E-state index in [2.05, 4.69) is 38.6 Å². The van der Waals surface area contributed by atoms with Crippen LogP contribution in [0.1, 0.15) is 48.8 Å². The molecular weight excluding hydrogens is 446 g/mol. The highest BCUT2D eigenvalue weighted by Gasteiger charge is 2.24. The first-order valence-corrected chi connectivity index (χ1v) is 11.3. The summed E-state index contributed by atoms with van der Waals surface area (Å²) in [5, 5.41) is 7.08.